The lowest BCUT2D eigenvalue weighted by molar-refractivity contribution is 0.0741. The fraction of sp³-hybridized carbons (Fsp3) is 0.462. The molecule has 2 aromatic carbocycles. The fourth-order valence-electron chi connectivity index (χ4n) is 5.16. The fourth-order valence-corrected chi connectivity index (χ4v) is 5.50. The van der Waals surface area contributed by atoms with Gasteiger partial charge in [-0.25, -0.2) is 4.68 Å². The molecule has 5 rings (SSSR count). The van der Waals surface area contributed by atoms with Crippen molar-refractivity contribution in [2.75, 3.05) is 32.8 Å². The van der Waals surface area contributed by atoms with Gasteiger partial charge in [-0.3, -0.25) is 4.79 Å². The van der Waals surface area contributed by atoms with E-state index in [1.165, 1.54) is 25.6 Å². The smallest absolute Gasteiger partial charge is 0.251 e. The van der Waals surface area contributed by atoms with Crippen molar-refractivity contribution in [2.45, 2.75) is 39.2 Å². The van der Waals surface area contributed by atoms with E-state index in [-0.39, 0.29) is 11.9 Å². The van der Waals surface area contributed by atoms with Crippen LogP contribution in [0.5, 0.6) is 0 Å². The number of piperidine rings is 1. The minimum atomic E-state index is -0.130. The molecule has 1 atom stereocenters. The molecule has 1 spiro atoms. The van der Waals surface area contributed by atoms with Crippen LogP contribution in [0.3, 0.4) is 0 Å². The number of hydrogen-bond acceptors (Lipinski definition) is 6. The van der Waals surface area contributed by atoms with Crippen LogP contribution in [0.4, 0.5) is 0 Å². The lowest BCUT2D eigenvalue weighted by Gasteiger charge is -2.39. The van der Waals surface area contributed by atoms with Gasteiger partial charge in [0, 0.05) is 35.3 Å². The summed E-state index contributed by atoms with van der Waals surface area (Å²) in [5.41, 5.74) is 4.38. The van der Waals surface area contributed by atoms with Crippen LogP contribution in [0.15, 0.2) is 42.7 Å². The molecule has 1 amide bonds. The largest absolute Gasteiger partial charge is 0.381 e. The van der Waals surface area contributed by atoms with E-state index in [9.17, 15) is 4.79 Å². The van der Waals surface area contributed by atoms with Crippen molar-refractivity contribution in [1.29, 1.82) is 0 Å². The van der Waals surface area contributed by atoms with Crippen LogP contribution in [-0.4, -0.2) is 69.9 Å². The number of benzene rings is 2. The van der Waals surface area contributed by atoms with Crippen LogP contribution in [0.1, 0.15) is 42.1 Å². The van der Waals surface area contributed by atoms with E-state index in [0.29, 0.717) is 21.7 Å². The number of hydrogen-bond donors (Lipinski definition) is 1. The zero-order valence-corrected chi connectivity index (χ0v) is 21.0. The number of carbonyl (C=O) groups excluding carboxylic acids is 1. The molecule has 1 aromatic heterocycles. The van der Waals surface area contributed by atoms with Crippen LogP contribution in [0.2, 0.25) is 5.02 Å². The van der Waals surface area contributed by atoms with Gasteiger partial charge in [0.1, 0.15) is 6.33 Å². The Hall–Kier alpha value is -2.81. The maximum Gasteiger partial charge on any atom is 0.251 e. The Morgan fingerprint density at radius 3 is 2.71 bits per heavy atom. The van der Waals surface area contributed by atoms with E-state index in [2.05, 4.69) is 32.7 Å². The Bertz CT molecular complexity index is 1180. The number of aromatic nitrogens is 4. The van der Waals surface area contributed by atoms with Crippen molar-refractivity contribution in [2.24, 2.45) is 5.41 Å². The summed E-state index contributed by atoms with van der Waals surface area (Å²) in [6, 6.07) is 11.5. The first-order valence-electron chi connectivity index (χ1n) is 12.2. The van der Waals surface area contributed by atoms with Crippen LogP contribution in [0, 0.1) is 12.3 Å². The first-order chi connectivity index (χ1) is 16.9. The summed E-state index contributed by atoms with van der Waals surface area (Å²) >= 11 is 6.55. The van der Waals surface area contributed by atoms with E-state index < -0.39 is 0 Å². The van der Waals surface area contributed by atoms with E-state index >= 15 is 0 Å². The molecule has 0 aliphatic carbocycles. The molecule has 0 radical (unpaired) electrons. The Morgan fingerprint density at radius 2 is 2.03 bits per heavy atom. The number of halogens is 1. The molecule has 184 valence electrons. The second-order valence-corrected chi connectivity index (χ2v) is 10.4. The van der Waals surface area contributed by atoms with Crippen LogP contribution in [-0.2, 0) is 4.74 Å². The number of rotatable bonds is 6. The number of carbonyl (C=O) groups is 1. The van der Waals surface area contributed by atoms with Crippen molar-refractivity contribution >= 4 is 17.5 Å². The van der Waals surface area contributed by atoms with E-state index in [0.717, 1.165) is 49.5 Å². The van der Waals surface area contributed by atoms with E-state index in [1.807, 2.05) is 37.3 Å². The number of ether oxygens (including phenoxy) is 1. The third kappa shape index (κ3) is 5.39. The van der Waals surface area contributed by atoms with Crippen molar-refractivity contribution in [3.05, 3.63) is 58.9 Å². The first kappa shape index (κ1) is 23.9. The average Bonchev–Trinajstić information content (AvgIpc) is 3.53. The minimum absolute atomic E-state index is 0.0134. The molecule has 35 heavy (non-hydrogen) atoms. The SMILES string of the molecule is Cc1ccc(-c2cc(C(=O)N[C@H](C)CN3CCC4(CCOC4)CC3)cc(-n3cnnn3)c2)c(Cl)c1. The summed E-state index contributed by atoms with van der Waals surface area (Å²) in [7, 11) is 0. The monoisotopic (exact) mass is 494 g/mol. The molecule has 3 aromatic rings. The summed E-state index contributed by atoms with van der Waals surface area (Å²) in [6.07, 6.45) is 5.03. The molecule has 2 fully saturated rings. The molecular formula is C26H31ClN6O2. The van der Waals surface area contributed by atoms with Gasteiger partial charge in [-0.2, -0.15) is 0 Å². The highest BCUT2D eigenvalue weighted by atomic mass is 35.5. The Balaban J connectivity index is 1.31. The average molecular weight is 495 g/mol. The number of amides is 1. The van der Waals surface area contributed by atoms with Crippen molar-refractivity contribution in [1.82, 2.24) is 30.4 Å². The molecule has 0 unspecified atom stereocenters. The normalized spacial score (nSPS) is 18.6. The topological polar surface area (TPSA) is 85.2 Å². The summed E-state index contributed by atoms with van der Waals surface area (Å²) in [6.45, 7) is 8.78. The van der Waals surface area contributed by atoms with Gasteiger partial charge in [-0.05, 0) is 97.4 Å². The summed E-state index contributed by atoms with van der Waals surface area (Å²) in [5.74, 6) is -0.130. The summed E-state index contributed by atoms with van der Waals surface area (Å²) < 4.78 is 7.19. The number of aryl methyl sites for hydroxylation is 1. The second kappa shape index (κ2) is 10.0. The molecule has 9 heteroatoms. The van der Waals surface area contributed by atoms with Gasteiger partial charge in [0.15, 0.2) is 0 Å². The number of nitrogens with zero attached hydrogens (tertiary/aromatic N) is 5. The maximum atomic E-state index is 13.3. The van der Waals surface area contributed by atoms with Crippen molar-refractivity contribution in [3.63, 3.8) is 0 Å². The predicted molar refractivity (Wildman–Crippen MR) is 135 cm³/mol. The van der Waals surface area contributed by atoms with Gasteiger partial charge >= 0.3 is 0 Å². The summed E-state index contributed by atoms with van der Waals surface area (Å²) in [4.78, 5) is 15.8. The number of nitrogens with one attached hydrogen (secondary N) is 1. The minimum Gasteiger partial charge on any atom is -0.381 e. The zero-order chi connectivity index (χ0) is 24.4. The number of tetrazole rings is 1. The molecule has 2 saturated heterocycles. The third-order valence-electron chi connectivity index (χ3n) is 7.24. The predicted octanol–water partition coefficient (Wildman–Crippen LogP) is 3.91. The highest BCUT2D eigenvalue weighted by Crippen LogP contribution is 2.39. The molecule has 3 heterocycles. The van der Waals surface area contributed by atoms with Gasteiger partial charge < -0.3 is 15.0 Å². The van der Waals surface area contributed by atoms with Crippen LogP contribution in [0.25, 0.3) is 16.8 Å². The molecule has 1 N–H and O–H groups in total. The van der Waals surface area contributed by atoms with Gasteiger partial charge in [0.25, 0.3) is 5.91 Å². The van der Waals surface area contributed by atoms with Gasteiger partial charge in [-0.15, -0.1) is 5.10 Å². The molecular weight excluding hydrogens is 464 g/mol. The zero-order valence-electron chi connectivity index (χ0n) is 20.2. The lowest BCUT2D eigenvalue weighted by Crippen LogP contribution is -2.47. The standard InChI is InChI=1S/C26H31ClN6O2/c1-18-3-4-23(24(27)11-18)20-12-21(14-22(13-20)33-17-28-30-31-33)25(34)29-19(2)15-32-8-5-26(6-9-32)7-10-35-16-26/h3-4,11-14,17,19H,5-10,15-16H2,1-2H3,(H,29,34)/t19-/m1/s1. The van der Waals surface area contributed by atoms with Crippen molar-refractivity contribution in [3.8, 4) is 16.8 Å². The first-order valence-corrected chi connectivity index (χ1v) is 12.5. The lowest BCUT2D eigenvalue weighted by atomic mass is 9.78. The second-order valence-electron chi connectivity index (χ2n) is 9.98. The number of likely N-dealkylation sites (tertiary alicyclic amines) is 1. The van der Waals surface area contributed by atoms with E-state index in [1.54, 1.807) is 10.7 Å². The highest BCUT2D eigenvalue weighted by Gasteiger charge is 2.38. The van der Waals surface area contributed by atoms with Crippen LogP contribution < -0.4 is 5.32 Å². The molecule has 8 nitrogen and oxygen atoms in total. The third-order valence-corrected chi connectivity index (χ3v) is 7.55. The molecule has 2 aliphatic heterocycles. The molecule has 2 aliphatic rings. The Morgan fingerprint density at radius 1 is 1.20 bits per heavy atom. The van der Waals surface area contributed by atoms with Gasteiger partial charge in [-0.1, -0.05) is 23.7 Å². The summed E-state index contributed by atoms with van der Waals surface area (Å²) in [5, 5.41) is 15.3. The highest BCUT2D eigenvalue weighted by molar-refractivity contribution is 6.33. The Labute approximate surface area is 210 Å². The molecule has 0 bridgehead atoms. The quantitative estimate of drug-likeness (QED) is 0.559. The maximum absolute atomic E-state index is 13.3. The Kier molecular flexibility index (Phi) is 6.86. The molecule has 0 saturated carbocycles. The van der Waals surface area contributed by atoms with E-state index in [4.69, 9.17) is 16.3 Å². The van der Waals surface area contributed by atoms with Gasteiger partial charge in [0.2, 0.25) is 0 Å². The van der Waals surface area contributed by atoms with Crippen LogP contribution >= 0.6 is 11.6 Å². The van der Waals surface area contributed by atoms with Gasteiger partial charge in [0.05, 0.1) is 12.3 Å². The van der Waals surface area contributed by atoms with Crippen molar-refractivity contribution < 1.29 is 9.53 Å².